The largest absolute Gasteiger partial charge is 0.392 e. The second-order valence-electron chi connectivity index (χ2n) is 19.9. The molecule has 1 amide bonds. The summed E-state index contributed by atoms with van der Waals surface area (Å²) >= 11 is 0. The van der Waals surface area contributed by atoms with E-state index in [0.29, 0.717) is 64.3 Å². The Morgan fingerprint density at radius 1 is 0.902 bits per heavy atom. The lowest BCUT2D eigenvalue weighted by Gasteiger charge is -2.54. The van der Waals surface area contributed by atoms with Crippen LogP contribution in [0, 0.1) is 47.2 Å². The average molecular weight is 858 g/mol. The topological polar surface area (TPSA) is 153 Å². The van der Waals surface area contributed by atoms with E-state index in [1.165, 1.54) is 12.1 Å². The quantitative estimate of drug-likeness (QED) is 0.138. The molecule has 5 aliphatic rings. The van der Waals surface area contributed by atoms with Gasteiger partial charge >= 0.3 is 0 Å². The van der Waals surface area contributed by atoms with Crippen molar-refractivity contribution < 1.29 is 53.0 Å². The van der Waals surface area contributed by atoms with E-state index in [1.807, 2.05) is 41.5 Å². The summed E-state index contributed by atoms with van der Waals surface area (Å²) in [6.45, 7) is 20.1. The van der Waals surface area contributed by atoms with Crippen LogP contribution in [0.2, 0.25) is 0 Å². The number of rotatable bonds is 14. The highest BCUT2D eigenvalue weighted by Gasteiger charge is 2.63. The SMILES string of the molecule is CC[C@@H](C(=O)[C@@H](C)[C@@H](O)[C@H](C)[C@@H]1O[C@@H]([C@@H](CC)C(=O)NCc2ccc(F)cc2)CC[C@@H]1C)[C@H]1O[C@]2(C=C[C@@H](O)[C@]3(CC[C@@](C)([C@H]4CC[C@](O)(CC)[C@H](C)O4)O3)O2)[C@H](C)C[C@@H]1C. The molecule has 5 aliphatic heterocycles. The minimum absolute atomic E-state index is 0.00272. The number of Topliss-reactive ketones (excluding diaryl/α,β-unsaturated/α-hetero) is 1. The number of aliphatic hydroxyl groups excluding tert-OH is 2. The molecule has 4 saturated heterocycles. The van der Waals surface area contributed by atoms with Gasteiger partial charge in [-0.15, -0.1) is 0 Å². The van der Waals surface area contributed by atoms with Crippen LogP contribution in [0.1, 0.15) is 139 Å². The number of benzene rings is 1. The molecule has 0 aromatic heterocycles. The predicted octanol–water partition coefficient (Wildman–Crippen LogP) is 7.56. The van der Waals surface area contributed by atoms with E-state index in [4.69, 9.17) is 23.7 Å². The van der Waals surface area contributed by atoms with E-state index in [2.05, 4.69) is 26.1 Å². The summed E-state index contributed by atoms with van der Waals surface area (Å²) in [4.78, 5) is 28.1. The third kappa shape index (κ3) is 9.58. The van der Waals surface area contributed by atoms with Crippen molar-refractivity contribution in [2.45, 2.75) is 205 Å². The lowest BCUT2D eigenvalue weighted by atomic mass is 9.72. The Labute approximate surface area is 363 Å². The number of hydrogen-bond donors (Lipinski definition) is 4. The Balaban J connectivity index is 1.12. The number of ether oxygens (including phenoxy) is 5. The summed E-state index contributed by atoms with van der Waals surface area (Å²) in [7, 11) is 0. The molecule has 4 N–H and O–H groups in total. The number of hydrogen-bond acceptors (Lipinski definition) is 10. The first kappa shape index (κ1) is 48.2. The normalized spacial score (nSPS) is 41.6. The molecule has 4 fully saturated rings. The molecule has 0 unspecified atom stereocenters. The van der Waals surface area contributed by atoms with Crippen LogP contribution in [0.15, 0.2) is 36.4 Å². The van der Waals surface area contributed by atoms with Crippen molar-refractivity contribution >= 4 is 11.7 Å². The molecule has 1 aromatic rings. The molecule has 11 nitrogen and oxygen atoms in total. The van der Waals surface area contributed by atoms with E-state index in [0.717, 1.165) is 12.0 Å². The van der Waals surface area contributed by atoms with Crippen LogP contribution in [0.3, 0.4) is 0 Å². The molecule has 12 heteroatoms. The maximum absolute atomic E-state index is 14.6. The monoisotopic (exact) mass is 858 g/mol. The third-order valence-corrected chi connectivity index (χ3v) is 15.8. The van der Waals surface area contributed by atoms with Crippen molar-refractivity contribution in [1.29, 1.82) is 0 Å². The Morgan fingerprint density at radius 3 is 2.23 bits per heavy atom. The summed E-state index contributed by atoms with van der Waals surface area (Å²) in [6, 6.07) is 6.07. The number of ketones is 1. The predicted molar refractivity (Wildman–Crippen MR) is 229 cm³/mol. The molecule has 0 aliphatic carbocycles. The lowest BCUT2D eigenvalue weighted by Crippen LogP contribution is -2.63. The Bertz CT molecular complexity index is 1690. The molecular weight excluding hydrogens is 782 g/mol. The molecule has 1 aromatic carbocycles. The van der Waals surface area contributed by atoms with Crippen LogP contribution >= 0.6 is 0 Å². The van der Waals surface area contributed by atoms with Gasteiger partial charge in [0.05, 0.1) is 53.7 Å². The van der Waals surface area contributed by atoms with Gasteiger partial charge in [-0.05, 0) is 113 Å². The van der Waals surface area contributed by atoms with E-state index in [9.17, 15) is 29.3 Å². The fourth-order valence-corrected chi connectivity index (χ4v) is 11.4. The van der Waals surface area contributed by atoms with E-state index in [1.54, 1.807) is 31.2 Å². The molecule has 6 rings (SSSR count). The fourth-order valence-electron chi connectivity index (χ4n) is 11.4. The van der Waals surface area contributed by atoms with Gasteiger partial charge in [0.1, 0.15) is 17.7 Å². The lowest BCUT2D eigenvalue weighted by molar-refractivity contribution is -0.409. The van der Waals surface area contributed by atoms with E-state index < -0.39 is 64.8 Å². The highest BCUT2D eigenvalue weighted by Crippen LogP contribution is 2.54. The second kappa shape index (κ2) is 19.0. The van der Waals surface area contributed by atoms with Crippen LogP contribution in [-0.2, 0) is 39.8 Å². The Hall–Kier alpha value is -2.29. The molecule has 18 atom stereocenters. The molecular formula is C49H76FNO10. The molecule has 61 heavy (non-hydrogen) atoms. The standard InChI is InChI=1S/C49H76FNO10/c1-11-36(45(55)51-27-34-15-17-35(50)18-16-34)38-19-14-28(4)43(58-38)32(8)41(53)31(7)42(54)37(12-2)44-29(5)26-30(6)48(59-44)23-20-39(52)49(61-48)25-24-46(10,60-49)40-21-22-47(56,13-3)33(9)57-40/h15-18,20,23,28-33,36-41,43-44,52-53,56H,11-14,19,21-22,24-27H2,1-10H3,(H,51,55)/t28-,29-,30+,31-,32-,33-,36+,37-,38+,39+,40+,41+,43+,44-,46-,47+,48-,49-/m0/s1. The minimum atomic E-state index is -1.38. The van der Waals surface area contributed by atoms with Gasteiger partial charge in [-0.25, -0.2) is 4.39 Å². The van der Waals surface area contributed by atoms with Crippen molar-refractivity contribution in [3.8, 4) is 0 Å². The van der Waals surface area contributed by atoms with Gasteiger partial charge < -0.3 is 44.3 Å². The molecule has 0 saturated carbocycles. The van der Waals surface area contributed by atoms with E-state index in [-0.39, 0.29) is 59.7 Å². The Morgan fingerprint density at radius 2 is 1.59 bits per heavy atom. The fraction of sp³-hybridized carbons (Fsp3) is 0.796. The van der Waals surface area contributed by atoms with Crippen LogP contribution in [0.4, 0.5) is 4.39 Å². The highest BCUT2D eigenvalue weighted by molar-refractivity contribution is 5.84. The second-order valence-corrected chi connectivity index (χ2v) is 19.9. The molecule has 5 heterocycles. The number of amides is 1. The zero-order valence-corrected chi connectivity index (χ0v) is 38.4. The average Bonchev–Trinajstić information content (AvgIpc) is 3.59. The zero-order valence-electron chi connectivity index (χ0n) is 38.4. The van der Waals surface area contributed by atoms with Crippen molar-refractivity contribution in [1.82, 2.24) is 5.32 Å². The molecule has 2 spiro atoms. The summed E-state index contributed by atoms with van der Waals surface area (Å²) in [5.41, 5.74) is -0.840. The van der Waals surface area contributed by atoms with Gasteiger partial charge in [0, 0.05) is 36.6 Å². The summed E-state index contributed by atoms with van der Waals surface area (Å²) in [6.07, 6.45) is 5.72. The third-order valence-electron chi connectivity index (χ3n) is 15.8. The number of nitrogens with one attached hydrogen (secondary N) is 1. The molecule has 0 bridgehead atoms. The van der Waals surface area contributed by atoms with Gasteiger partial charge in [0.2, 0.25) is 11.7 Å². The molecule has 0 radical (unpaired) electrons. The zero-order chi connectivity index (χ0) is 44.7. The van der Waals surface area contributed by atoms with Gasteiger partial charge in [0.25, 0.3) is 0 Å². The number of carbonyl (C=O) groups is 2. The maximum Gasteiger partial charge on any atom is 0.225 e. The number of halogens is 1. The van der Waals surface area contributed by atoms with E-state index >= 15 is 0 Å². The van der Waals surface area contributed by atoms with Crippen LogP contribution in [-0.4, -0.2) is 92.5 Å². The maximum atomic E-state index is 14.6. The first-order valence-electron chi connectivity index (χ1n) is 23.5. The van der Waals surface area contributed by atoms with Crippen molar-refractivity contribution in [2.24, 2.45) is 41.4 Å². The van der Waals surface area contributed by atoms with Crippen molar-refractivity contribution in [3.63, 3.8) is 0 Å². The molecule has 344 valence electrons. The van der Waals surface area contributed by atoms with Crippen LogP contribution in [0.25, 0.3) is 0 Å². The first-order valence-corrected chi connectivity index (χ1v) is 23.5. The number of aliphatic hydroxyl groups is 3. The van der Waals surface area contributed by atoms with Gasteiger partial charge in [-0.3, -0.25) is 9.59 Å². The summed E-state index contributed by atoms with van der Waals surface area (Å²) < 4.78 is 47.3. The summed E-state index contributed by atoms with van der Waals surface area (Å²) in [5.74, 6) is -5.21. The first-order chi connectivity index (χ1) is 28.8. The van der Waals surface area contributed by atoms with Crippen LogP contribution < -0.4 is 5.32 Å². The Kier molecular flexibility index (Phi) is 15.0. The smallest absolute Gasteiger partial charge is 0.225 e. The van der Waals surface area contributed by atoms with Gasteiger partial charge in [0.15, 0.2) is 5.79 Å². The number of carbonyl (C=O) groups excluding carboxylic acids is 2. The highest BCUT2D eigenvalue weighted by atomic mass is 19.1. The van der Waals surface area contributed by atoms with Gasteiger partial charge in [-0.2, -0.15) is 0 Å². The van der Waals surface area contributed by atoms with Crippen LogP contribution in [0.5, 0.6) is 0 Å². The summed E-state index contributed by atoms with van der Waals surface area (Å²) in [5, 5.41) is 37.5. The van der Waals surface area contributed by atoms with Crippen molar-refractivity contribution in [3.05, 3.63) is 47.8 Å². The minimum Gasteiger partial charge on any atom is -0.392 e. The van der Waals surface area contributed by atoms with Crippen molar-refractivity contribution in [2.75, 3.05) is 0 Å². The van der Waals surface area contributed by atoms with Gasteiger partial charge in [-0.1, -0.05) is 67.5 Å².